The molecule has 0 heteroatoms. The number of fused-ring (bicyclic) bond motifs is 4. The summed E-state index contributed by atoms with van der Waals surface area (Å²) in [5.41, 5.74) is 2.68. The van der Waals surface area contributed by atoms with Crippen LogP contribution in [0.15, 0.2) is 24.3 Å². The molecule has 0 nitrogen and oxygen atoms in total. The van der Waals surface area contributed by atoms with Crippen LogP contribution < -0.4 is 0 Å². The largest absolute Gasteiger partial charge is 0.103 e. The average Bonchev–Trinajstić information content (AvgIpc) is 2.66. The van der Waals surface area contributed by atoms with E-state index in [2.05, 4.69) is 39.5 Å². The fourth-order valence-electron chi connectivity index (χ4n) is 5.63. The van der Waals surface area contributed by atoms with Gasteiger partial charge in [0.1, 0.15) is 0 Å². The first-order valence-electron chi connectivity index (χ1n) is 8.80. The van der Waals surface area contributed by atoms with Crippen LogP contribution in [0.1, 0.15) is 72.1 Å². The third-order valence-corrected chi connectivity index (χ3v) is 7.05. The molecule has 3 aliphatic rings. The van der Waals surface area contributed by atoms with Crippen molar-refractivity contribution in [2.45, 2.75) is 72.1 Å². The smallest absolute Gasteiger partial charge is 0.00855 e. The standard InChI is InChI=1S/C20H32/c1-5-19(3)12-10-17-13-16(14-19)8-9-18-15(2)7-6-11-20(17,18)4/h5,10,15-16,18H,1,6-9,11-14H2,2-4H3/t15-,16?,18?,19-,20-/m0/s1. The summed E-state index contributed by atoms with van der Waals surface area (Å²) < 4.78 is 0. The van der Waals surface area contributed by atoms with Crippen LogP contribution in [-0.4, -0.2) is 0 Å². The molecule has 0 N–H and O–H groups in total. The zero-order chi connectivity index (χ0) is 14.4. The predicted octanol–water partition coefficient (Wildman–Crippen LogP) is 6.14. The number of allylic oxidation sites excluding steroid dienone is 3. The molecule has 0 aromatic carbocycles. The molecule has 0 aliphatic heterocycles. The van der Waals surface area contributed by atoms with E-state index in [-0.39, 0.29) is 0 Å². The summed E-state index contributed by atoms with van der Waals surface area (Å²) in [7, 11) is 0. The Kier molecular flexibility index (Phi) is 3.63. The van der Waals surface area contributed by atoms with Gasteiger partial charge < -0.3 is 0 Å². The van der Waals surface area contributed by atoms with Crippen molar-refractivity contribution in [3.05, 3.63) is 24.3 Å². The molecule has 0 aromatic rings. The summed E-state index contributed by atoms with van der Waals surface area (Å²) in [5, 5.41) is 0. The van der Waals surface area contributed by atoms with Gasteiger partial charge in [-0.3, -0.25) is 0 Å². The quantitative estimate of drug-likeness (QED) is 0.503. The normalized spacial score (nSPS) is 48.5. The van der Waals surface area contributed by atoms with E-state index in [1.807, 2.05) is 5.57 Å². The average molecular weight is 272 g/mol. The van der Waals surface area contributed by atoms with E-state index in [1.54, 1.807) is 0 Å². The lowest BCUT2D eigenvalue weighted by Crippen LogP contribution is -2.36. The molecule has 20 heavy (non-hydrogen) atoms. The molecule has 0 heterocycles. The molecule has 3 rings (SSSR count). The Morgan fingerprint density at radius 3 is 2.80 bits per heavy atom. The fraction of sp³-hybridized carbons (Fsp3) is 0.800. The number of hydrogen-bond acceptors (Lipinski definition) is 0. The molecular weight excluding hydrogens is 240 g/mol. The van der Waals surface area contributed by atoms with Crippen molar-refractivity contribution in [3.63, 3.8) is 0 Å². The summed E-state index contributed by atoms with van der Waals surface area (Å²) >= 11 is 0. The van der Waals surface area contributed by atoms with E-state index in [1.165, 1.54) is 51.4 Å². The van der Waals surface area contributed by atoms with Gasteiger partial charge in [-0.05, 0) is 67.1 Å². The third kappa shape index (κ3) is 2.30. The third-order valence-electron chi connectivity index (χ3n) is 7.05. The van der Waals surface area contributed by atoms with Crippen molar-refractivity contribution in [1.29, 1.82) is 0 Å². The second-order valence-corrected chi connectivity index (χ2v) is 8.54. The van der Waals surface area contributed by atoms with Gasteiger partial charge in [-0.2, -0.15) is 0 Å². The van der Waals surface area contributed by atoms with Crippen LogP contribution in [-0.2, 0) is 0 Å². The lowest BCUT2D eigenvalue weighted by molar-refractivity contribution is 0.0942. The Hall–Kier alpha value is -0.520. The van der Waals surface area contributed by atoms with Gasteiger partial charge in [0, 0.05) is 0 Å². The molecule has 0 radical (unpaired) electrons. The van der Waals surface area contributed by atoms with Gasteiger partial charge in [-0.25, -0.2) is 0 Å². The lowest BCUT2D eigenvalue weighted by Gasteiger charge is -2.46. The van der Waals surface area contributed by atoms with E-state index < -0.39 is 0 Å². The second-order valence-electron chi connectivity index (χ2n) is 8.54. The van der Waals surface area contributed by atoms with E-state index in [0.29, 0.717) is 10.8 Å². The first-order chi connectivity index (χ1) is 9.47. The molecule has 0 spiro atoms. The van der Waals surface area contributed by atoms with Crippen molar-refractivity contribution < 1.29 is 0 Å². The van der Waals surface area contributed by atoms with E-state index in [9.17, 15) is 0 Å². The van der Waals surface area contributed by atoms with Crippen molar-refractivity contribution in [1.82, 2.24) is 0 Å². The van der Waals surface area contributed by atoms with Crippen LogP contribution in [0.3, 0.4) is 0 Å². The van der Waals surface area contributed by atoms with Crippen LogP contribution in [0.5, 0.6) is 0 Å². The minimum Gasteiger partial charge on any atom is -0.103 e. The molecule has 0 amide bonds. The van der Waals surface area contributed by atoms with Crippen LogP contribution in [0.4, 0.5) is 0 Å². The summed E-state index contributed by atoms with van der Waals surface area (Å²) in [5.74, 6) is 2.78. The molecule has 3 aliphatic carbocycles. The van der Waals surface area contributed by atoms with Gasteiger partial charge in [-0.1, -0.05) is 51.3 Å². The maximum atomic E-state index is 4.12. The van der Waals surface area contributed by atoms with Gasteiger partial charge in [0.05, 0.1) is 0 Å². The van der Waals surface area contributed by atoms with Crippen molar-refractivity contribution in [2.24, 2.45) is 28.6 Å². The summed E-state index contributed by atoms with van der Waals surface area (Å²) in [4.78, 5) is 0. The van der Waals surface area contributed by atoms with Crippen molar-refractivity contribution in [3.8, 4) is 0 Å². The van der Waals surface area contributed by atoms with E-state index >= 15 is 0 Å². The molecule has 0 aromatic heterocycles. The zero-order valence-electron chi connectivity index (χ0n) is 13.8. The Morgan fingerprint density at radius 2 is 2.05 bits per heavy atom. The zero-order valence-corrected chi connectivity index (χ0v) is 13.8. The van der Waals surface area contributed by atoms with Gasteiger partial charge >= 0.3 is 0 Å². The van der Waals surface area contributed by atoms with Crippen LogP contribution in [0.25, 0.3) is 0 Å². The molecule has 0 saturated heterocycles. The topological polar surface area (TPSA) is 0 Å². The molecule has 5 atom stereocenters. The van der Waals surface area contributed by atoms with Crippen molar-refractivity contribution in [2.75, 3.05) is 0 Å². The predicted molar refractivity (Wildman–Crippen MR) is 87.6 cm³/mol. The van der Waals surface area contributed by atoms with Gasteiger partial charge in [-0.15, -0.1) is 6.58 Å². The Balaban J connectivity index is 1.97. The molecule has 2 unspecified atom stereocenters. The Morgan fingerprint density at radius 1 is 1.25 bits per heavy atom. The Labute approximate surface area is 125 Å². The highest BCUT2D eigenvalue weighted by Gasteiger charge is 2.46. The highest BCUT2D eigenvalue weighted by molar-refractivity contribution is 5.22. The van der Waals surface area contributed by atoms with Crippen LogP contribution in [0, 0.1) is 28.6 Å². The summed E-state index contributed by atoms with van der Waals surface area (Å²) in [6.45, 7) is 11.6. The highest BCUT2D eigenvalue weighted by Crippen LogP contribution is 2.57. The first-order valence-corrected chi connectivity index (χ1v) is 8.80. The van der Waals surface area contributed by atoms with E-state index in [0.717, 1.165) is 17.8 Å². The fourth-order valence-corrected chi connectivity index (χ4v) is 5.63. The number of rotatable bonds is 1. The maximum absolute atomic E-state index is 4.12. The maximum Gasteiger partial charge on any atom is -0.00855 e. The van der Waals surface area contributed by atoms with Crippen LogP contribution in [0.2, 0.25) is 0 Å². The van der Waals surface area contributed by atoms with Gasteiger partial charge in [0.25, 0.3) is 0 Å². The summed E-state index contributed by atoms with van der Waals surface area (Å²) in [6.07, 6.45) is 16.1. The first kappa shape index (κ1) is 14.4. The van der Waals surface area contributed by atoms with Crippen LogP contribution >= 0.6 is 0 Å². The van der Waals surface area contributed by atoms with Gasteiger partial charge in [0.15, 0.2) is 0 Å². The molecule has 2 bridgehead atoms. The monoisotopic (exact) mass is 272 g/mol. The molecule has 2 saturated carbocycles. The minimum absolute atomic E-state index is 0.343. The lowest BCUT2D eigenvalue weighted by atomic mass is 9.59. The van der Waals surface area contributed by atoms with Crippen molar-refractivity contribution >= 4 is 0 Å². The highest BCUT2D eigenvalue weighted by atomic mass is 14.5. The van der Waals surface area contributed by atoms with E-state index in [4.69, 9.17) is 0 Å². The number of hydrogen-bond donors (Lipinski definition) is 0. The SMILES string of the molecule is C=C[C@@]1(C)CC=C2CC(CCC3[C@@H](C)CCC[C@@]23C)C1. The molecule has 2 fully saturated rings. The molecular formula is C20H32. The summed E-state index contributed by atoms with van der Waals surface area (Å²) in [6, 6.07) is 0. The second kappa shape index (κ2) is 5.04. The Bertz CT molecular complexity index is 418. The van der Waals surface area contributed by atoms with Gasteiger partial charge in [0.2, 0.25) is 0 Å². The molecule has 112 valence electrons. The minimum atomic E-state index is 0.343.